The van der Waals surface area contributed by atoms with Gasteiger partial charge in [0.25, 0.3) is 0 Å². The third-order valence-electron chi connectivity index (χ3n) is 3.87. The van der Waals surface area contributed by atoms with Crippen LogP contribution in [0.2, 0.25) is 10.0 Å². The van der Waals surface area contributed by atoms with Crippen molar-refractivity contribution in [1.29, 1.82) is 0 Å². The summed E-state index contributed by atoms with van der Waals surface area (Å²) in [7, 11) is 0. The molecule has 0 saturated heterocycles. The summed E-state index contributed by atoms with van der Waals surface area (Å²) < 4.78 is 38.5. The van der Waals surface area contributed by atoms with Gasteiger partial charge in [0, 0.05) is 6.04 Å². The predicted octanol–water partition coefficient (Wildman–Crippen LogP) is 4.76. The molecule has 0 aliphatic carbocycles. The van der Waals surface area contributed by atoms with Crippen molar-refractivity contribution in [2.24, 2.45) is 0 Å². The number of carbonyl (C=O) groups excluding carboxylic acids is 1. The van der Waals surface area contributed by atoms with E-state index in [1.54, 1.807) is 6.07 Å². The van der Waals surface area contributed by atoms with E-state index in [0.29, 0.717) is 10.6 Å². The second-order valence-corrected chi connectivity index (χ2v) is 7.00. The van der Waals surface area contributed by atoms with E-state index in [1.165, 1.54) is 24.3 Å². The third-order valence-corrected chi connectivity index (χ3v) is 4.61. The van der Waals surface area contributed by atoms with Crippen LogP contribution in [-0.2, 0) is 28.6 Å². The van der Waals surface area contributed by atoms with Crippen LogP contribution in [0.15, 0.2) is 42.5 Å². The monoisotopic (exact) mass is 433 g/mol. The van der Waals surface area contributed by atoms with Gasteiger partial charge in [-0.2, -0.15) is 13.2 Å². The van der Waals surface area contributed by atoms with Crippen LogP contribution in [0.5, 0.6) is 0 Å². The van der Waals surface area contributed by atoms with Crippen molar-refractivity contribution in [3.63, 3.8) is 0 Å². The Kier molecular flexibility index (Phi) is 7.32. The standard InChI is InChI=1S/C19H16Cl2F3NO3/c20-15-5-4-12(8-16(15)21)9-17(26)25-14(10-18(27)28)7-11-2-1-3-13(6-11)19(22,23)24/h1-6,8,14H,7,9-10H2,(H,25,26)(H,27,28). The minimum absolute atomic E-state index is 0.0522. The van der Waals surface area contributed by atoms with Crippen LogP contribution in [0.25, 0.3) is 0 Å². The van der Waals surface area contributed by atoms with Crippen molar-refractivity contribution in [3.05, 3.63) is 69.2 Å². The van der Waals surface area contributed by atoms with Gasteiger partial charge < -0.3 is 10.4 Å². The fraction of sp³-hybridized carbons (Fsp3) is 0.263. The zero-order valence-electron chi connectivity index (χ0n) is 14.4. The SMILES string of the molecule is O=C(O)CC(Cc1cccc(C(F)(F)F)c1)NC(=O)Cc1ccc(Cl)c(Cl)c1. The van der Waals surface area contributed by atoms with Crippen LogP contribution in [0.3, 0.4) is 0 Å². The van der Waals surface area contributed by atoms with Crippen molar-refractivity contribution in [2.75, 3.05) is 0 Å². The maximum atomic E-state index is 12.8. The Morgan fingerprint density at radius 2 is 1.75 bits per heavy atom. The summed E-state index contributed by atoms with van der Waals surface area (Å²) in [5.41, 5.74) is 0.0113. The fourth-order valence-corrected chi connectivity index (χ4v) is 2.98. The molecule has 0 spiro atoms. The summed E-state index contributed by atoms with van der Waals surface area (Å²) in [5.74, 6) is -1.65. The van der Waals surface area contributed by atoms with Crippen molar-refractivity contribution in [1.82, 2.24) is 5.32 Å². The van der Waals surface area contributed by atoms with Crippen molar-refractivity contribution in [3.8, 4) is 0 Å². The summed E-state index contributed by atoms with van der Waals surface area (Å²) in [6.45, 7) is 0. The van der Waals surface area contributed by atoms with E-state index in [-0.39, 0.29) is 23.4 Å². The zero-order chi connectivity index (χ0) is 20.9. The number of amides is 1. The number of carboxylic acid groups (broad SMARTS) is 1. The van der Waals surface area contributed by atoms with Crippen LogP contribution in [0.1, 0.15) is 23.1 Å². The van der Waals surface area contributed by atoms with E-state index in [0.717, 1.165) is 12.1 Å². The highest BCUT2D eigenvalue weighted by molar-refractivity contribution is 6.42. The van der Waals surface area contributed by atoms with Gasteiger partial charge in [-0.25, -0.2) is 0 Å². The maximum Gasteiger partial charge on any atom is 0.416 e. The predicted molar refractivity (Wildman–Crippen MR) is 99.5 cm³/mol. The van der Waals surface area contributed by atoms with Crippen LogP contribution >= 0.6 is 23.2 Å². The zero-order valence-corrected chi connectivity index (χ0v) is 15.9. The number of carboxylic acids is 1. The van der Waals surface area contributed by atoms with Crippen LogP contribution < -0.4 is 5.32 Å². The number of hydrogen-bond acceptors (Lipinski definition) is 2. The molecule has 28 heavy (non-hydrogen) atoms. The molecule has 0 radical (unpaired) electrons. The van der Waals surface area contributed by atoms with E-state index in [4.69, 9.17) is 28.3 Å². The number of aliphatic carboxylic acids is 1. The summed E-state index contributed by atoms with van der Waals surface area (Å²) in [5, 5.41) is 12.2. The summed E-state index contributed by atoms with van der Waals surface area (Å²) >= 11 is 11.7. The van der Waals surface area contributed by atoms with Gasteiger partial charge in [0.2, 0.25) is 5.91 Å². The molecule has 0 saturated carbocycles. The molecule has 9 heteroatoms. The molecule has 0 aliphatic rings. The average molecular weight is 434 g/mol. The first kappa shape index (κ1) is 22.0. The van der Waals surface area contributed by atoms with Crippen molar-refractivity contribution < 1.29 is 27.9 Å². The Labute approximate surface area is 169 Å². The minimum atomic E-state index is -4.50. The lowest BCUT2D eigenvalue weighted by molar-refractivity contribution is -0.139. The molecule has 0 aromatic heterocycles. The Balaban J connectivity index is 2.09. The van der Waals surface area contributed by atoms with E-state index < -0.39 is 36.1 Å². The number of rotatable bonds is 7. The highest BCUT2D eigenvalue weighted by atomic mass is 35.5. The average Bonchev–Trinajstić information content (AvgIpc) is 2.57. The van der Waals surface area contributed by atoms with Gasteiger partial charge in [0.05, 0.1) is 28.5 Å². The van der Waals surface area contributed by atoms with Gasteiger partial charge in [-0.15, -0.1) is 0 Å². The molecule has 2 aromatic carbocycles. The molecule has 0 heterocycles. The molecule has 4 nitrogen and oxygen atoms in total. The Hall–Kier alpha value is -2.25. The lowest BCUT2D eigenvalue weighted by Crippen LogP contribution is -2.39. The second-order valence-electron chi connectivity index (χ2n) is 6.19. The maximum absolute atomic E-state index is 12.8. The lowest BCUT2D eigenvalue weighted by atomic mass is 10.0. The molecule has 0 fully saturated rings. The molecule has 150 valence electrons. The largest absolute Gasteiger partial charge is 0.481 e. The smallest absolute Gasteiger partial charge is 0.416 e. The van der Waals surface area contributed by atoms with Gasteiger partial charge in [0.1, 0.15) is 0 Å². The van der Waals surface area contributed by atoms with Crippen LogP contribution in [0, 0.1) is 0 Å². The number of benzene rings is 2. The molecule has 1 unspecified atom stereocenters. The molecule has 0 bridgehead atoms. The lowest BCUT2D eigenvalue weighted by Gasteiger charge is -2.18. The molecule has 0 aliphatic heterocycles. The molecule has 2 rings (SSSR count). The van der Waals surface area contributed by atoms with Gasteiger partial charge in [0.15, 0.2) is 0 Å². The number of alkyl halides is 3. The number of hydrogen-bond donors (Lipinski definition) is 2. The summed E-state index contributed by atoms with van der Waals surface area (Å²) in [6, 6.07) is 8.36. The van der Waals surface area contributed by atoms with Gasteiger partial charge in [-0.3, -0.25) is 9.59 Å². The minimum Gasteiger partial charge on any atom is -0.481 e. The van der Waals surface area contributed by atoms with Gasteiger partial charge >= 0.3 is 12.1 Å². The first-order valence-corrected chi connectivity index (χ1v) is 8.91. The Morgan fingerprint density at radius 3 is 2.36 bits per heavy atom. The molecule has 1 atom stereocenters. The first-order chi connectivity index (χ1) is 13.0. The topological polar surface area (TPSA) is 66.4 Å². The highest BCUT2D eigenvalue weighted by Gasteiger charge is 2.30. The van der Waals surface area contributed by atoms with Crippen LogP contribution in [-0.4, -0.2) is 23.0 Å². The Morgan fingerprint density at radius 1 is 1.04 bits per heavy atom. The fourth-order valence-electron chi connectivity index (χ4n) is 2.66. The number of halogens is 5. The summed E-state index contributed by atoms with van der Waals surface area (Å²) in [4.78, 5) is 23.3. The van der Waals surface area contributed by atoms with Crippen molar-refractivity contribution >= 4 is 35.1 Å². The van der Waals surface area contributed by atoms with E-state index >= 15 is 0 Å². The second kappa shape index (κ2) is 9.30. The first-order valence-electron chi connectivity index (χ1n) is 8.16. The normalized spacial score (nSPS) is 12.5. The quantitative estimate of drug-likeness (QED) is 0.661. The number of carbonyl (C=O) groups is 2. The molecule has 2 N–H and O–H groups in total. The van der Waals surface area contributed by atoms with E-state index in [9.17, 15) is 22.8 Å². The van der Waals surface area contributed by atoms with E-state index in [1.807, 2.05) is 0 Å². The molecular formula is C19H16Cl2F3NO3. The van der Waals surface area contributed by atoms with Gasteiger partial charge in [-0.05, 0) is 35.7 Å². The number of nitrogens with one attached hydrogen (secondary N) is 1. The van der Waals surface area contributed by atoms with Gasteiger partial charge in [-0.1, -0.05) is 47.5 Å². The highest BCUT2D eigenvalue weighted by Crippen LogP contribution is 2.30. The molecule has 2 aromatic rings. The van der Waals surface area contributed by atoms with Crippen molar-refractivity contribution in [2.45, 2.75) is 31.5 Å². The summed E-state index contributed by atoms with van der Waals surface area (Å²) in [6.07, 6.45) is -5.06. The molecule has 1 amide bonds. The Bertz CT molecular complexity index is 872. The third kappa shape index (κ3) is 6.73. The van der Waals surface area contributed by atoms with E-state index in [2.05, 4.69) is 5.32 Å². The van der Waals surface area contributed by atoms with Crippen LogP contribution in [0.4, 0.5) is 13.2 Å². The molecular weight excluding hydrogens is 418 g/mol.